The topological polar surface area (TPSA) is 69.7 Å². The standard InChI is InChI=1S/C18H22N2O4S/c1-22-14-8-11(9-15(23-2)17(14)24-3)4-7-16(21)20-18-19-13(10-25-18)12-5-6-12/h8-10,12H,4-7H2,1-3H3,(H,19,20,21). The number of anilines is 1. The minimum absolute atomic E-state index is 0.0505. The van der Waals surface area contributed by atoms with Gasteiger partial charge >= 0.3 is 0 Å². The summed E-state index contributed by atoms with van der Waals surface area (Å²) in [6, 6.07) is 3.73. The van der Waals surface area contributed by atoms with Crippen LogP contribution in [0.1, 0.15) is 36.4 Å². The van der Waals surface area contributed by atoms with Crippen LogP contribution >= 0.6 is 11.3 Å². The van der Waals surface area contributed by atoms with Crippen molar-refractivity contribution in [2.24, 2.45) is 0 Å². The average Bonchev–Trinajstić information content (AvgIpc) is 3.38. The second kappa shape index (κ2) is 7.74. The first-order valence-corrected chi connectivity index (χ1v) is 9.06. The van der Waals surface area contributed by atoms with Crippen molar-refractivity contribution in [3.05, 3.63) is 28.8 Å². The quantitative estimate of drug-likeness (QED) is 0.777. The lowest BCUT2D eigenvalue weighted by Crippen LogP contribution is -2.12. The molecule has 0 spiro atoms. The Bertz CT molecular complexity index is 730. The van der Waals surface area contributed by atoms with Gasteiger partial charge in [0.25, 0.3) is 0 Å². The van der Waals surface area contributed by atoms with Gasteiger partial charge in [-0.1, -0.05) is 0 Å². The zero-order valence-corrected chi connectivity index (χ0v) is 15.4. The number of carbonyl (C=O) groups is 1. The molecule has 1 N–H and O–H groups in total. The van der Waals surface area contributed by atoms with E-state index < -0.39 is 0 Å². The molecule has 1 aromatic heterocycles. The first kappa shape index (κ1) is 17.5. The van der Waals surface area contributed by atoms with E-state index in [9.17, 15) is 4.79 Å². The highest BCUT2D eigenvalue weighted by atomic mass is 32.1. The fraction of sp³-hybridized carbons (Fsp3) is 0.444. The Hall–Kier alpha value is -2.28. The molecule has 3 rings (SSSR count). The molecule has 25 heavy (non-hydrogen) atoms. The number of aromatic nitrogens is 1. The number of ether oxygens (including phenoxy) is 3. The monoisotopic (exact) mass is 362 g/mol. The maximum atomic E-state index is 12.2. The van der Waals surface area contributed by atoms with Crippen LogP contribution in [0.3, 0.4) is 0 Å². The first-order valence-electron chi connectivity index (χ1n) is 8.18. The van der Waals surface area contributed by atoms with Gasteiger partial charge in [0.15, 0.2) is 16.6 Å². The Morgan fingerprint density at radius 1 is 1.20 bits per heavy atom. The largest absolute Gasteiger partial charge is 0.493 e. The number of aryl methyl sites for hydroxylation is 1. The normalized spacial score (nSPS) is 13.4. The highest BCUT2D eigenvalue weighted by Gasteiger charge is 2.26. The molecular formula is C18H22N2O4S. The summed E-state index contributed by atoms with van der Waals surface area (Å²) in [6.45, 7) is 0. The number of amides is 1. The van der Waals surface area contributed by atoms with Crippen molar-refractivity contribution in [1.29, 1.82) is 0 Å². The zero-order chi connectivity index (χ0) is 17.8. The summed E-state index contributed by atoms with van der Waals surface area (Å²) in [5.74, 6) is 2.28. The lowest BCUT2D eigenvalue weighted by molar-refractivity contribution is -0.116. The molecule has 134 valence electrons. The molecule has 1 fully saturated rings. The minimum Gasteiger partial charge on any atom is -0.493 e. The molecule has 0 unspecified atom stereocenters. The van der Waals surface area contributed by atoms with Gasteiger partial charge < -0.3 is 19.5 Å². The fourth-order valence-electron chi connectivity index (χ4n) is 2.63. The molecular weight excluding hydrogens is 340 g/mol. The Morgan fingerprint density at radius 2 is 1.88 bits per heavy atom. The molecule has 1 aliphatic rings. The SMILES string of the molecule is COc1cc(CCC(=O)Nc2nc(C3CC3)cs2)cc(OC)c1OC. The van der Waals surface area contributed by atoms with Crippen molar-refractivity contribution in [2.45, 2.75) is 31.6 Å². The summed E-state index contributed by atoms with van der Waals surface area (Å²) in [5.41, 5.74) is 2.05. The number of rotatable bonds is 8. The van der Waals surface area contributed by atoms with E-state index in [1.54, 1.807) is 21.3 Å². The molecule has 0 bridgehead atoms. The Kier molecular flexibility index (Phi) is 5.43. The molecule has 6 nitrogen and oxygen atoms in total. The highest BCUT2D eigenvalue weighted by molar-refractivity contribution is 7.13. The second-order valence-electron chi connectivity index (χ2n) is 5.93. The van der Waals surface area contributed by atoms with Crippen LogP contribution in [0.25, 0.3) is 0 Å². The number of thiazole rings is 1. The second-order valence-corrected chi connectivity index (χ2v) is 6.79. The first-order chi connectivity index (χ1) is 12.1. The summed E-state index contributed by atoms with van der Waals surface area (Å²) in [4.78, 5) is 16.7. The van der Waals surface area contributed by atoms with Gasteiger partial charge in [-0.3, -0.25) is 4.79 Å². The Labute approximate surface area is 151 Å². The summed E-state index contributed by atoms with van der Waals surface area (Å²) >= 11 is 1.49. The van der Waals surface area contributed by atoms with E-state index in [1.165, 1.54) is 24.2 Å². The molecule has 0 radical (unpaired) electrons. The fourth-order valence-corrected chi connectivity index (χ4v) is 3.44. The number of nitrogens with one attached hydrogen (secondary N) is 1. The summed E-state index contributed by atoms with van der Waals surface area (Å²) < 4.78 is 16.0. The van der Waals surface area contributed by atoms with Gasteiger partial charge in [-0.25, -0.2) is 4.98 Å². The van der Waals surface area contributed by atoms with Crippen molar-refractivity contribution in [3.8, 4) is 17.2 Å². The summed E-state index contributed by atoms with van der Waals surface area (Å²) in [5, 5.41) is 5.59. The number of nitrogens with zero attached hydrogens (tertiary/aromatic N) is 1. The molecule has 1 aliphatic carbocycles. The van der Waals surface area contributed by atoms with E-state index >= 15 is 0 Å². The third-order valence-electron chi connectivity index (χ3n) is 4.13. The van der Waals surface area contributed by atoms with Crippen molar-refractivity contribution >= 4 is 22.4 Å². The van der Waals surface area contributed by atoms with Crippen LogP contribution in [0.4, 0.5) is 5.13 Å². The van der Waals surface area contributed by atoms with E-state index in [1.807, 2.05) is 17.5 Å². The number of hydrogen-bond donors (Lipinski definition) is 1. The molecule has 7 heteroatoms. The van der Waals surface area contributed by atoms with E-state index in [-0.39, 0.29) is 5.91 Å². The molecule has 0 aliphatic heterocycles. The Balaban J connectivity index is 1.60. The number of benzene rings is 1. The highest BCUT2D eigenvalue weighted by Crippen LogP contribution is 2.41. The van der Waals surface area contributed by atoms with E-state index in [4.69, 9.17) is 14.2 Å². The lowest BCUT2D eigenvalue weighted by Gasteiger charge is -2.14. The molecule has 0 atom stereocenters. The van der Waals surface area contributed by atoms with Crippen LogP contribution in [0.5, 0.6) is 17.2 Å². The smallest absolute Gasteiger partial charge is 0.226 e. The number of hydrogen-bond acceptors (Lipinski definition) is 6. The molecule has 2 aromatic rings. The van der Waals surface area contributed by atoms with Crippen LogP contribution in [0.2, 0.25) is 0 Å². The molecule has 1 saturated carbocycles. The van der Waals surface area contributed by atoms with E-state index in [0.717, 1.165) is 11.3 Å². The minimum atomic E-state index is -0.0505. The number of carbonyl (C=O) groups excluding carboxylic acids is 1. The Morgan fingerprint density at radius 3 is 2.44 bits per heavy atom. The van der Waals surface area contributed by atoms with Crippen molar-refractivity contribution in [2.75, 3.05) is 26.6 Å². The van der Waals surface area contributed by atoms with Gasteiger partial charge in [0.2, 0.25) is 11.7 Å². The van der Waals surface area contributed by atoms with Gasteiger partial charge in [0, 0.05) is 17.7 Å². The molecule has 0 saturated heterocycles. The average molecular weight is 362 g/mol. The van der Waals surface area contributed by atoms with Crippen molar-refractivity contribution in [3.63, 3.8) is 0 Å². The molecule has 1 heterocycles. The van der Waals surface area contributed by atoms with Crippen molar-refractivity contribution < 1.29 is 19.0 Å². The van der Waals surface area contributed by atoms with Crippen molar-refractivity contribution in [1.82, 2.24) is 4.98 Å². The van der Waals surface area contributed by atoms with Gasteiger partial charge in [-0.15, -0.1) is 11.3 Å². The van der Waals surface area contributed by atoms with E-state index in [0.29, 0.717) is 41.1 Å². The van der Waals surface area contributed by atoms with Crippen LogP contribution in [-0.4, -0.2) is 32.2 Å². The third-order valence-corrected chi connectivity index (χ3v) is 4.91. The molecule has 1 aromatic carbocycles. The third kappa shape index (κ3) is 4.22. The predicted octanol–water partition coefficient (Wildman–Crippen LogP) is 3.62. The van der Waals surface area contributed by atoms with Gasteiger partial charge in [0.05, 0.1) is 27.0 Å². The van der Waals surface area contributed by atoms with Crippen LogP contribution in [0, 0.1) is 0 Å². The lowest BCUT2D eigenvalue weighted by atomic mass is 10.1. The van der Waals surface area contributed by atoms with Crippen LogP contribution in [-0.2, 0) is 11.2 Å². The van der Waals surface area contributed by atoms with Gasteiger partial charge in [0.1, 0.15) is 0 Å². The maximum absolute atomic E-state index is 12.2. The predicted molar refractivity (Wildman–Crippen MR) is 97.1 cm³/mol. The zero-order valence-electron chi connectivity index (χ0n) is 14.6. The van der Waals surface area contributed by atoms with E-state index in [2.05, 4.69) is 10.3 Å². The maximum Gasteiger partial charge on any atom is 0.226 e. The van der Waals surface area contributed by atoms with Gasteiger partial charge in [-0.05, 0) is 37.0 Å². The summed E-state index contributed by atoms with van der Waals surface area (Å²) in [7, 11) is 4.72. The summed E-state index contributed by atoms with van der Waals surface area (Å²) in [6.07, 6.45) is 3.34. The van der Waals surface area contributed by atoms with Crippen LogP contribution in [0.15, 0.2) is 17.5 Å². The number of methoxy groups -OCH3 is 3. The van der Waals surface area contributed by atoms with Gasteiger partial charge in [-0.2, -0.15) is 0 Å². The molecule has 1 amide bonds. The van der Waals surface area contributed by atoms with Crippen LogP contribution < -0.4 is 19.5 Å².